The number of hydrogen-bond donors (Lipinski definition) is 0. The van der Waals surface area contributed by atoms with Crippen LogP contribution in [0.5, 0.6) is 5.06 Å². The molecule has 0 radical (unpaired) electrons. The van der Waals surface area contributed by atoms with Crippen LogP contribution in [0.25, 0.3) is 27.5 Å². The van der Waals surface area contributed by atoms with Crippen LogP contribution in [-0.2, 0) is 4.74 Å². The summed E-state index contributed by atoms with van der Waals surface area (Å²) in [4.78, 5) is 11.5. The molecule has 0 atom stereocenters. The van der Waals surface area contributed by atoms with E-state index in [4.69, 9.17) is 4.74 Å². The summed E-state index contributed by atoms with van der Waals surface area (Å²) in [5.41, 5.74) is 2.92. The maximum atomic E-state index is 11.5. The number of rotatable bonds is 2. The number of thiophene rings is 1. The van der Waals surface area contributed by atoms with Gasteiger partial charge in [0.1, 0.15) is 5.69 Å². The Labute approximate surface area is 150 Å². The van der Waals surface area contributed by atoms with Gasteiger partial charge in [-0.25, -0.2) is 4.79 Å². The van der Waals surface area contributed by atoms with Crippen molar-refractivity contribution in [3.63, 3.8) is 0 Å². The third-order valence-corrected chi connectivity index (χ3v) is 5.10. The highest BCUT2D eigenvalue weighted by Crippen LogP contribution is 2.38. The van der Waals surface area contributed by atoms with Crippen LogP contribution < -0.4 is 4.74 Å². The molecule has 2 aromatic heterocycles. The molecule has 4 aromatic rings. The predicted octanol–water partition coefficient (Wildman–Crippen LogP) is 5.75. The second-order valence-corrected chi connectivity index (χ2v) is 6.96. The van der Waals surface area contributed by atoms with Crippen LogP contribution in [-0.4, -0.2) is 17.8 Å². The summed E-state index contributed by atoms with van der Waals surface area (Å²) in [6.45, 7) is 0. The largest absolute Gasteiger partial charge is 0.514 e. The van der Waals surface area contributed by atoms with Gasteiger partial charge < -0.3 is 14.0 Å². The Morgan fingerprint density at radius 3 is 2.71 bits per heavy atom. The van der Waals surface area contributed by atoms with Gasteiger partial charge in [-0.05, 0) is 35.7 Å². The Bertz CT molecular complexity index is 1070. The summed E-state index contributed by atoms with van der Waals surface area (Å²) in [5, 5.41) is 4.68. The first-order valence-corrected chi connectivity index (χ1v) is 8.88. The van der Waals surface area contributed by atoms with Crippen LogP contribution in [0.15, 0.2) is 58.4 Å². The number of nitrogens with zero attached hydrogens (tertiary/aromatic N) is 1. The zero-order valence-electron chi connectivity index (χ0n) is 12.7. The van der Waals surface area contributed by atoms with Crippen molar-refractivity contribution in [1.82, 2.24) is 4.57 Å². The van der Waals surface area contributed by atoms with E-state index in [1.165, 1.54) is 18.4 Å². The number of aromatic nitrogens is 1. The number of carbonyl (C=O) groups is 1. The van der Waals surface area contributed by atoms with Gasteiger partial charge in [0.15, 0.2) is 0 Å². The molecule has 4 nitrogen and oxygen atoms in total. The van der Waals surface area contributed by atoms with Crippen LogP contribution in [0.4, 0.5) is 4.79 Å². The van der Waals surface area contributed by atoms with E-state index >= 15 is 0 Å². The Morgan fingerprint density at radius 2 is 1.88 bits per heavy atom. The van der Waals surface area contributed by atoms with E-state index in [2.05, 4.69) is 49.5 Å². The van der Waals surface area contributed by atoms with Crippen LogP contribution in [0.3, 0.4) is 0 Å². The minimum absolute atomic E-state index is 0.507. The molecule has 6 heteroatoms. The zero-order valence-corrected chi connectivity index (χ0v) is 15.1. The number of methoxy groups -OCH3 is 1. The fraction of sp³-hybridized carbons (Fsp3) is 0.0556. The topological polar surface area (TPSA) is 40.5 Å². The van der Waals surface area contributed by atoms with Gasteiger partial charge in [0.2, 0.25) is 5.06 Å². The Hall–Kier alpha value is -2.31. The van der Waals surface area contributed by atoms with Gasteiger partial charge in [0, 0.05) is 15.2 Å². The van der Waals surface area contributed by atoms with Crippen molar-refractivity contribution in [1.29, 1.82) is 0 Å². The third kappa shape index (κ3) is 2.39. The minimum atomic E-state index is -0.720. The molecule has 2 heterocycles. The van der Waals surface area contributed by atoms with Crippen LogP contribution in [0.1, 0.15) is 0 Å². The Kier molecular flexibility index (Phi) is 3.78. The van der Waals surface area contributed by atoms with E-state index < -0.39 is 6.16 Å². The molecule has 0 aliphatic rings. The highest BCUT2D eigenvalue weighted by molar-refractivity contribution is 9.10. The van der Waals surface area contributed by atoms with E-state index in [9.17, 15) is 4.79 Å². The van der Waals surface area contributed by atoms with Crippen molar-refractivity contribution >= 4 is 55.2 Å². The molecule has 0 saturated heterocycles. The molecular formula is C18H12BrNO3S. The summed E-state index contributed by atoms with van der Waals surface area (Å²) < 4.78 is 13.0. The second kappa shape index (κ2) is 5.96. The number of fused-ring (bicyclic) bond motifs is 3. The SMILES string of the molecule is COC(=O)Oc1sccc1-n1c2ccccc2c2cc(Br)ccc21. The molecule has 2 aromatic carbocycles. The van der Waals surface area contributed by atoms with Crippen molar-refractivity contribution in [2.75, 3.05) is 7.11 Å². The lowest BCUT2D eigenvalue weighted by Crippen LogP contribution is -2.08. The number of hydrogen-bond acceptors (Lipinski definition) is 4. The van der Waals surface area contributed by atoms with Gasteiger partial charge in [0.05, 0.1) is 18.1 Å². The molecule has 120 valence electrons. The molecule has 0 amide bonds. The summed E-state index contributed by atoms with van der Waals surface area (Å²) >= 11 is 4.90. The van der Waals surface area contributed by atoms with Crippen molar-refractivity contribution < 1.29 is 14.3 Å². The molecule has 0 spiro atoms. The van der Waals surface area contributed by atoms with Gasteiger partial charge in [0.25, 0.3) is 0 Å². The highest BCUT2D eigenvalue weighted by Gasteiger charge is 2.18. The zero-order chi connectivity index (χ0) is 16.7. The quantitative estimate of drug-likeness (QED) is 0.401. The predicted molar refractivity (Wildman–Crippen MR) is 99.4 cm³/mol. The fourth-order valence-electron chi connectivity index (χ4n) is 2.85. The van der Waals surface area contributed by atoms with E-state index in [0.29, 0.717) is 5.06 Å². The van der Waals surface area contributed by atoms with Crippen molar-refractivity contribution in [2.45, 2.75) is 0 Å². The second-order valence-electron chi connectivity index (χ2n) is 5.16. The molecule has 0 saturated carbocycles. The Balaban J connectivity index is 2.03. The molecular weight excluding hydrogens is 390 g/mol. The van der Waals surface area contributed by atoms with Crippen LogP contribution >= 0.6 is 27.3 Å². The maximum absolute atomic E-state index is 11.5. The fourth-order valence-corrected chi connectivity index (χ4v) is 3.93. The van der Waals surface area contributed by atoms with E-state index in [0.717, 1.165) is 32.0 Å². The van der Waals surface area contributed by atoms with Crippen molar-refractivity contribution in [3.05, 3.63) is 58.4 Å². The molecule has 0 unspecified atom stereocenters. The van der Waals surface area contributed by atoms with Gasteiger partial charge in [-0.1, -0.05) is 34.1 Å². The van der Waals surface area contributed by atoms with Crippen molar-refractivity contribution in [3.8, 4) is 10.8 Å². The van der Waals surface area contributed by atoms with Gasteiger partial charge in [-0.3, -0.25) is 0 Å². The smallest absolute Gasteiger partial charge is 0.437 e. The first kappa shape index (κ1) is 15.2. The monoisotopic (exact) mass is 401 g/mol. The lowest BCUT2D eigenvalue weighted by Gasteiger charge is -2.08. The average molecular weight is 402 g/mol. The maximum Gasteiger partial charge on any atom is 0.514 e. The highest BCUT2D eigenvalue weighted by atomic mass is 79.9. The summed E-state index contributed by atoms with van der Waals surface area (Å²) in [5.74, 6) is 0. The summed E-state index contributed by atoms with van der Waals surface area (Å²) in [6, 6.07) is 16.3. The number of halogens is 1. The lowest BCUT2D eigenvalue weighted by molar-refractivity contribution is 0.123. The van der Waals surface area contributed by atoms with Gasteiger partial charge in [-0.15, -0.1) is 11.3 Å². The standard InChI is InChI=1S/C18H12BrNO3S/c1-22-18(21)23-17-16(8-9-24-17)20-14-5-3-2-4-12(14)13-10-11(19)6-7-15(13)20/h2-10H,1H3. The molecule has 0 aliphatic carbocycles. The summed E-state index contributed by atoms with van der Waals surface area (Å²) in [7, 11) is 1.30. The first-order valence-electron chi connectivity index (χ1n) is 7.21. The number of carbonyl (C=O) groups excluding carboxylic acids is 1. The van der Waals surface area contributed by atoms with Crippen molar-refractivity contribution in [2.24, 2.45) is 0 Å². The van der Waals surface area contributed by atoms with E-state index in [1.807, 2.05) is 29.6 Å². The normalized spacial score (nSPS) is 11.1. The number of benzene rings is 2. The molecule has 0 fully saturated rings. The van der Waals surface area contributed by atoms with Crippen LogP contribution in [0, 0.1) is 0 Å². The molecule has 24 heavy (non-hydrogen) atoms. The molecule has 0 bridgehead atoms. The average Bonchev–Trinajstić information content (AvgIpc) is 3.16. The van der Waals surface area contributed by atoms with Gasteiger partial charge >= 0.3 is 6.16 Å². The number of para-hydroxylation sites is 1. The van der Waals surface area contributed by atoms with Crippen LogP contribution in [0.2, 0.25) is 0 Å². The molecule has 4 rings (SSSR count). The molecule has 0 N–H and O–H groups in total. The minimum Gasteiger partial charge on any atom is -0.437 e. The van der Waals surface area contributed by atoms with Gasteiger partial charge in [-0.2, -0.15) is 0 Å². The summed E-state index contributed by atoms with van der Waals surface area (Å²) in [6.07, 6.45) is -0.720. The van der Waals surface area contributed by atoms with E-state index in [-0.39, 0.29) is 0 Å². The Morgan fingerprint density at radius 1 is 1.08 bits per heavy atom. The number of ether oxygens (including phenoxy) is 2. The third-order valence-electron chi connectivity index (χ3n) is 3.83. The lowest BCUT2D eigenvalue weighted by atomic mass is 10.2. The molecule has 0 aliphatic heterocycles. The first-order chi connectivity index (χ1) is 11.7. The van der Waals surface area contributed by atoms with E-state index in [1.54, 1.807) is 0 Å².